The zero-order valence-electron chi connectivity index (χ0n) is 14.5. The predicted molar refractivity (Wildman–Crippen MR) is 93.3 cm³/mol. The average Bonchev–Trinajstić information content (AvgIpc) is 2.93. The number of aryl methyl sites for hydroxylation is 1. The Morgan fingerprint density at radius 3 is 2.75 bits per heavy atom. The van der Waals surface area contributed by atoms with E-state index < -0.39 is 0 Å². The van der Waals surface area contributed by atoms with Gasteiger partial charge in [0.1, 0.15) is 6.04 Å². The summed E-state index contributed by atoms with van der Waals surface area (Å²) in [5, 5.41) is 6.49. The standard InChI is InChI=1S/C19H27N3O2/c1-13-3-5-15(6-4-13)12-22-17(7-8-18(22)23)19(24)21-16-11-20-10-9-14(16)2/h3-6,14,16-17,20H,7-12H2,1-2H3,(H,21,24). The van der Waals surface area contributed by atoms with Gasteiger partial charge in [-0.1, -0.05) is 36.8 Å². The Morgan fingerprint density at radius 1 is 1.29 bits per heavy atom. The molecule has 0 bridgehead atoms. The van der Waals surface area contributed by atoms with Crippen molar-refractivity contribution in [2.75, 3.05) is 13.1 Å². The zero-order chi connectivity index (χ0) is 17.1. The van der Waals surface area contributed by atoms with E-state index >= 15 is 0 Å². The maximum Gasteiger partial charge on any atom is 0.243 e. The first-order valence-electron chi connectivity index (χ1n) is 8.90. The van der Waals surface area contributed by atoms with Gasteiger partial charge >= 0.3 is 0 Å². The maximum absolute atomic E-state index is 12.7. The lowest BCUT2D eigenvalue weighted by Crippen LogP contribution is -2.54. The molecule has 0 aromatic heterocycles. The molecule has 5 heteroatoms. The van der Waals surface area contributed by atoms with Crippen molar-refractivity contribution in [3.8, 4) is 0 Å². The Morgan fingerprint density at radius 2 is 2.04 bits per heavy atom. The number of carbonyl (C=O) groups is 2. The normalized spacial score (nSPS) is 27.3. The number of hydrogen-bond acceptors (Lipinski definition) is 3. The van der Waals surface area contributed by atoms with Crippen LogP contribution in [-0.4, -0.2) is 41.9 Å². The molecule has 0 saturated carbocycles. The van der Waals surface area contributed by atoms with Crippen LogP contribution in [0.3, 0.4) is 0 Å². The summed E-state index contributed by atoms with van der Waals surface area (Å²) in [6, 6.07) is 7.96. The largest absolute Gasteiger partial charge is 0.350 e. The lowest BCUT2D eigenvalue weighted by Gasteiger charge is -2.32. The van der Waals surface area contributed by atoms with Crippen molar-refractivity contribution in [2.24, 2.45) is 5.92 Å². The molecule has 2 fully saturated rings. The topological polar surface area (TPSA) is 61.4 Å². The van der Waals surface area contributed by atoms with Crippen molar-refractivity contribution in [1.82, 2.24) is 15.5 Å². The van der Waals surface area contributed by atoms with Gasteiger partial charge in [0.05, 0.1) is 0 Å². The number of piperidine rings is 1. The second-order valence-electron chi connectivity index (χ2n) is 7.15. The van der Waals surface area contributed by atoms with Crippen LogP contribution in [0.4, 0.5) is 0 Å². The lowest BCUT2D eigenvalue weighted by molar-refractivity contribution is -0.136. The molecule has 3 unspecified atom stereocenters. The average molecular weight is 329 g/mol. The molecule has 24 heavy (non-hydrogen) atoms. The van der Waals surface area contributed by atoms with Crippen LogP contribution < -0.4 is 10.6 Å². The van der Waals surface area contributed by atoms with Gasteiger partial charge in [0.25, 0.3) is 0 Å². The molecule has 2 saturated heterocycles. The number of nitrogens with zero attached hydrogens (tertiary/aromatic N) is 1. The molecule has 1 aromatic rings. The highest BCUT2D eigenvalue weighted by Gasteiger charge is 2.37. The van der Waals surface area contributed by atoms with Gasteiger partial charge in [-0.2, -0.15) is 0 Å². The Kier molecular flexibility index (Phi) is 5.19. The highest BCUT2D eigenvalue weighted by Crippen LogP contribution is 2.23. The van der Waals surface area contributed by atoms with Crippen LogP contribution in [0, 0.1) is 12.8 Å². The van der Waals surface area contributed by atoms with Crippen LogP contribution >= 0.6 is 0 Å². The van der Waals surface area contributed by atoms with Crippen molar-refractivity contribution in [3.05, 3.63) is 35.4 Å². The van der Waals surface area contributed by atoms with Crippen LogP contribution in [-0.2, 0) is 16.1 Å². The Bertz CT molecular complexity index is 599. The Labute approximate surface area is 143 Å². The number of likely N-dealkylation sites (tertiary alicyclic amines) is 1. The minimum absolute atomic E-state index is 0.00601. The van der Waals surface area contributed by atoms with Crippen molar-refractivity contribution >= 4 is 11.8 Å². The summed E-state index contributed by atoms with van der Waals surface area (Å²) in [7, 11) is 0. The molecule has 0 radical (unpaired) electrons. The molecule has 2 aliphatic rings. The molecule has 2 heterocycles. The number of carbonyl (C=O) groups excluding carboxylic acids is 2. The highest BCUT2D eigenvalue weighted by molar-refractivity contribution is 5.91. The molecule has 0 spiro atoms. The van der Waals surface area contributed by atoms with Gasteiger partial charge in [-0.15, -0.1) is 0 Å². The summed E-state index contributed by atoms with van der Waals surface area (Å²) < 4.78 is 0. The van der Waals surface area contributed by atoms with E-state index in [9.17, 15) is 9.59 Å². The molecule has 2 N–H and O–H groups in total. The molecule has 0 aliphatic carbocycles. The first-order chi connectivity index (χ1) is 11.5. The summed E-state index contributed by atoms with van der Waals surface area (Å²) in [4.78, 5) is 26.7. The van der Waals surface area contributed by atoms with Crippen molar-refractivity contribution in [2.45, 2.75) is 51.7 Å². The third-order valence-electron chi connectivity index (χ3n) is 5.26. The zero-order valence-corrected chi connectivity index (χ0v) is 14.5. The van der Waals surface area contributed by atoms with E-state index in [1.807, 2.05) is 31.2 Å². The molecular formula is C19H27N3O2. The molecule has 3 atom stereocenters. The van der Waals surface area contributed by atoms with Gasteiger partial charge in [-0.05, 0) is 37.8 Å². The van der Waals surface area contributed by atoms with E-state index in [4.69, 9.17) is 0 Å². The van der Waals surface area contributed by atoms with Gasteiger partial charge < -0.3 is 15.5 Å². The molecular weight excluding hydrogens is 302 g/mol. The van der Waals surface area contributed by atoms with Crippen LogP contribution in [0.2, 0.25) is 0 Å². The van der Waals surface area contributed by atoms with E-state index in [1.54, 1.807) is 4.90 Å². The summed E-state index contributed by atoms with van der Waals surface area (Å²) in [5.41, 5.74) is 2.26. The second-order valence-corrected chi connectivity index (χ2v) is 7.15. The monoisotopic (exact) mass is 329 g/mol. The minimum atomic E-state index is -0.340. The van der Waals surface area contributed by atoms with Crippen molar-refractivity contribution in [3.63, 3.8) is 0 Å². The van der Waals surface area contributed by atoms with Gasteiger partial charge in [-0.3, -0.25) is 9.59 Å². The summed E-state index contributed by atoms with van der Waals surface area (Å²) in [6.07, 6.45) is 2.15. The molecule has 1 aromatic carbocycles. The maximum atomic E-state index is 12.7. The van der Waals surface area contributed by atoms with Gasteiger partial charge in [0, 0.05) is 25.6 Å². The minimum Gasteiger partial charge on any atom is -0.350 e. The number of amides is 2. The van der Waals surface area contributed by atoms with Gasteiger partial charge in [0.15, 0.2) is 0 Å². The van der Waals surface area contributed by atoms with Crippen LogP contribution in [0.25, 0.3) is 0 Å². The number of rotatable bonds is 4. The van der Waals surface area contributed by atoms with Crippen molar-refractivity contribution < 1.29 is 9.59 Å². The molecule has 3 rings (SSSR count). The highest BCUT2D eigenvalue weighted by atomic mass is 16.2. The van der Waals surface area contributed by atoms with Crippen LogP contribution in [0.5, 0.6) is 0 Å². The smallest absolute Gasteiger partial charge is 0.243 e. The number of nitrogens with one attached hydrogen (secondary N) is 2. The Hall–Kier alpha value is -1.88. The first kappa shape index (κ1) is 17.0. The van der Waals surface area contributed by atoms with E-state index in [1.165, 1.54) is 5.56 Å². The fraction of sp³-hybridized carbons (Fsp3) is 0.579. The molecule has 5 nitrogen and oxygen atoms in total. The lowest BCUT2D eigenvalue weighted by atomic mass is 9.94. The predicted octanol–water partition coefficient (Wildman–Crippen LogP) is 1.60. The van der Waals surface area contributed by atoms with Crippen LogP contribution in [0.15, 0.2) is 24.3 Å². The first-order valence-corrected chi connectivity index (χ1v) is 8.90. The SMILES string of the molecule is Cc1ccc(CN2C(=O)CCC2C(=O)NC2CNCCC2C)cc1. The molecule has 2 aliphatic heterocycles. The number of benzene rings is 1. The fourth-order valence-corrected chi connectivity index (χ4v) is 3.56. The fourth-order valence-electron chi connectivity index (χ4n) is 3.56. The van der Waals surface area contributed by atoms with E-state index in [-0.39, 0.29) is 23.9 Å². The van der Waals surface area contributed by atoms with E-state index in [0.717, 1.165) is 25.1 Å². The van der Waals surface area contributed by atoms with E-state index in [2.05, 4.69) is 17.6 Å². The number of hydrogen-bond donors (Lipinski definition) is 2. The van der Waals surface area contributed by atoms with Gasteiger partial charge in [-0.25, -0.2) is 0 Å². The Balaban J connectivity index is 1.65. The quantitative estimate of drug-likeness (QED) is 0.882. The van der Waals surface area contributed by atoms with E-state index in [0.29, 0.717) is 25.3 Å². The summed E-state index contributed by atoms with van der Waals surface area (Å²) >= 11 is 0. The van der Waals surface area contributed by atoms with Crippen LogP contribution in [0.1, 0.15) is 37.3 Å². The third kappa shape index (κ3) is 3.78. The summed E-state index contributed by atoms with van der Waals surface area (Å²) in [5.74, 6) is 0.539. The molecule has 130 valence electrons. The molecule has 2 amide bonds. The summed E-state index contributed by atoms with van der Waals surface area (Å²) in [6.45, 7) is 6.55. The third-order valence-corrected chi connectivity index (χ3v) is 5.26. The second kappa shape index (κ2) is 7.34. The van der Waals surface area contributed by atoms with Gasteiger partial charge in [0.2, 0.25) is 11.8 Å². The van der Waals surface area contributed by atoms with Crippen molar-refractivity contribution in [1.29, 1.82) is 0 Å².